The number of amides is 1. The molecular weight excluding hydrogens is 302 g/mol. The molecule has 5 nitrogen and oxygen atoms in total. The predicted molar refractivity (Wildman–Crippen MR) is 91.5 cm³/mol. The first-order valence-electron chi connectivity index (χ1n) is 9.24. The van der Waals surface area contributed by atoms with Gasteiger partial charge in [0.25, 0.3) is 0 Å². The first-order chi connectivity index (χ1) is 11.7. The van der Waals surface area contributed by atoms with Gasteiger partial charge in [0.05, 0.1) is 12.2 Å². The van der Waals surface area contributed by atoms with E-state index in [1.54, 1.807) is 0 Å². The van der Waals surface area contributed by atoms with E-state index in [-0.39, 0.29) is 0 Å². The van der Waals surface area contributed by atoms with Crippen LogP contribution in [0.3, 0.4) is 0 Å². The average Bonchev–Trinajstić information content (AvgIpc) is 3.09. The number of hydrogen-bond acceptors (Lipinski definition) is 4. The number of likely N-dealkylation sites (tertiary alicyclic amines) is 2. The fourth-order valence-electron chi connectivity index (χ4n) is 4.56. The molecule has 130 valence electrons. The van der Waals surface area contributed by atoms with E-state index < -0.39 is 0 Å². The summed E-state index contributed by atoms with van der Waals surface area (Å²) in [5, 5.41) is 0. The molecule has 5 heteroatoms. The van der Waals surface area contributed by atoms with Crippen molar-refractivity contribution in [2.24, 2.45) is 5.92 Å². The van der Waals surface area contributed by atoms with Crippen molar-refractivity contribution in [1.29, 1.82) is 0 Å². The van der Waals surface area contributed by atoms with Crippen LogP contribution in [0, 0.1) is 12.8 Å². The van der Waals surface area contributed by atoms with E-state index in [0.717, 1.165) is 50.0 Å². The van der Waals surface area contributed by atoms with Crippen LogP contribution in [0.15, 0.2) is 18.2 Å². The van der Waals surface area contributed by atoms with E-state index >= 15 is 0 Å². The fourth-order valence-corrected chi connectivity index (χ4v) is 4.56. The van der Waals surface area contributed by atoms with E-state index in [9.17, 15) is 4.79 Å². The van der Waals surface area contributed by atoms with Crippen molar-refractivity contribution in [2.75, 3.05) is 26.3 Å². The average molecular weight is 329 g/mol. The number of nitrogens with zero attached hydrogens (tertiary/aromatic N) is 3. The maximum absolute atomic E-state index is 12.6. The lowest BCUT2D eigenvalue weighted by Gasteiger charge is -2.30. The van der Waals surface area contributed by atoms with Gasteiger partial charge in [-0.1, -0.05) is 6.07 Å². The van der Waals surface area contributed by atoms with Crippen molar-refractivity contribution in [3.63, 3.8) is 0 Å². The summed E-state index contributed by atoms with van der Waals surface area (Å²) in [6, 6.07) is 6.85. The van der Waals surface area contributed by atoms with Crippen molar-refractivity contribution in [2.45, 2.75) is 51.2 Å². The molecule has 3 fully saturated rings. The minimum absolute atomic E-state index is 0.296. The highest BCUT2D eigenvalue weighted by molar-refractivity contribution is 5.80. The van der Waals surface area contributed by atoms with Gasteiger partial charge in [0.1, 0.15) is 0 Å². The Kier molecular flexibility index (Phi) is 4.55. The van der Waals surface area contributed by atoms with Crippen LogP contribution in [0.25, 0.3) is 0 Å². The van der Waals surface area contributed by atoms with Gasteiger partial charge >= 0.3 is 0 Å². The normalized spacial score (nSPS) is 28.5. The summed E-state index contributed by atoms with van der Waals surface area (Å²) in [6.07, 6.45) is 4.11. The Bertz CT molecular complexity index is 600. The molecule has 3 saturated heterocycles. The Morgan fingerprint density at radius 2 is 2.04 bits per heavy atom. The van der Waals surface area contributed by atoms with Gasteiger partial charge in [0.2, 0.25) is 5.91 Å². The second-order valence-electron chi connectivity index (χ2n) is 7.47. The molecule has 24 heavy (non-hydrogen) atoms. The molecule has 0 saturated carbocycles. The largest absolute Gasteiger partial charge is 0.381 e. The molecule has 3 aliphatic heterocycles. The van der Waals surface area contributed by atoms with Gasteiger partial charge in [-0.2, -0.15) is 0 Å². The van der Waals surface area contributed by atoms with Crippen LogP contribution in [-0.4, -0.2) is 59.1 Å². The summed E-state index contributed by atoms with van der Waals surface area (Å²) in [5.74, 6) is 1.03. The van der Waals surface area contributed by atoms with Crippen LogP contribution in [0.5, 0.6) is 0 Å². The third-order valence-electron chi connectivity index (χ3n) is 5.84. The van der Waals surface area contributed by atoms with E-state index in [0.29, 0.717) is 31.0 Å². The van der Waals surface area contributed by atoms with E-state index in [4.69, 9.17) is 4.74 Å². The number of carbonyl (C=O) groups excluding carboxylic acids is 1. The van der Waals surface area contributed by atoms with Gasteiger partial charge in [-0.3, -0.25) is 14.7 Å². The second kappa shape index (κ2) is 6.81. The summed E-state index contributed by atoms with van der Waals surface area (Å²) >= 11 is 0. The molecule has 1 aromatic heterocycles. The molecule has 4 rings (SSSR count). The summed E-state index contributed by atoms with van der Waals surface area (Å²) in [5.41, 5.74) is 2.02. The molecule has 3 aliphatic rings. The molecule has 2 atom stereocenters. The Morgan fingerprint density at radius 3 is 2.83 bits per heavy atom. The zero-order valence-electron chi connectivity index (χ0n) is 14.5. The lowest BCUT2D eigenvalue weighted by Crippen LogP contribution is -2.39. The van der Waals surface area contributed by atoms with Gasteiger partial charge in [0, 0.05) is 50.5 Å². The highest BCUT2D eigenvalue weighted by Gasteiger charge is 2.46. The number of carbonyl (C=O) groups is 1. The van der Waals surface area contributed by atoms with Crippen molar-refractivity contribution in [1.82, 2.24) is 14.8 Å². The molecule has 0 spiro atoms. The van der Waals surface area contributed by atoms with Gasteiger partial charge in [-0.15, -0.1) is 0 Å². The van der Waals surface area contributed by atoms with Gasteiger partial charge in [-0.25, -0.2) is 0 Å². The molecule has 1 amide bonds. The molecule has 0 N–H and O–H groups in total. The van der Waals surface area contributed by atoms with Crippen LogP contribution < -0.4 is 0 Å². The van der Waals surface area contributed by atoms with Gasteiger partial charge in [-0.05, 0) is 44.2 Å². The fraction of sp³-hybridized carbons (Fsp3) is 0.684. The zero-order valence-corrected chi connectivity index (χ0v) is 14.5. The number of aryl methyl sites for hydroxylation is 1. The Labute approximate surface area is 144 Å². The van der Waals surface area contributed by atoms with Crippen LogP contribution >= 0.6 is 0 Å². The Balaban J connectivity index is 1.41. The summed E-state index contributed by atoms with van der Waals surface area (Å²) in [6.45, 7) is 6.72. The molecule has 0 unspecified atom stereocenters. The maximum Gasteiger partial charge on any atom is 0.224 e. The first kappa shape index (κ1) is 16.0. The molecule has 0 aliphatic carbocycles. The second-order valence-corrected chi connectivity index (χ2v) is 7.47. The highest BCUT2D eigenvalue weighted by Crippen LogP contribution is 2.34. The van der Waals surface area contributed by atoms with E-state index in [1.807, 2.05) is 25.1 Å². The standard InChI is InChI=1S/C19H27N3O2/c1-14-3-2-4-16(20-14)13-22-17-5-8-21(18(17)11-19(22)23)12-15-6-9-24-10-7-15/h2-4,15,17-18H,5-13H2,1H3/t17-,18+/m0/s1. The van der Waals surface area contributed by atoms with Crippen LogP contribution in [0.4, 0.5) is 0 Å². The first-order valence-corrected chi connectivity index (χ1v) is 9.24. The van der Waals surface area contributed by atoms with Crippen LogP contribution in [0.2, 0.25) is 0 Å². The van der Waals surface area contributed by atoms with E-state index in [2.05, 4.69) is 14.8 Å². The van der Waals surface area contributed by atoms with Crippen LogP contribution in [0.1, 0.15) is 37.1 Å². The molecule has 0 radical (unpaired) electrons. The minimum Gasteiger partial charge on any atom is -0.381 e. The highest BCUT2D eigenvalue weighted by atomic mass is 16.5. The molecular formula is C19H27N3O2. The smallest absolute Gasteiger partial charge is 0.224 e. The zero-order chi connectivity index (χ0) is 16.5. The number of rotatable bonds is 4. The SMILES string of the molecule is Cc1cccc(CN2C(=O)C[C@@H]3[C@@H]2CCN3CC2CCOCC2)n1. The predicted octanol–water partition coefficient (Wildman–Crippen LogP) is 1.99. The summed E-state index contributed by atoms with van der Waals surface area (Å²) in [7, 11) is 0. The number of pyridine rings is 1. The third-order valence-corrected chi connectivity index (χ3v) is 5.84. The topological polar surface area (TPSA) is 45.7 Å². The number of fused-ring (bicyclic) bond motifs is 1. The number of hydrogen-bond donors (Lipinski definition) is 0. The summed E-state index contributed by atoms with van der Waals surface area (Å²) in [4.78, 5) is 21.8. The summed E-state index contributed by atoms with van der Waals surface area (Å²) < 4.78 is 5.47. The number of aromatic nitrogens is 1. The third kappa shape index (κ3) is 3.20. The monoisotopic (exact) mass is 329 g/mol. The van der Waals surface area contributed by atoms with Crippen LogP contribution in [-0.2, 0) is 16.1 Å². The van der Waals surface area contributed by atoms with E-state index in [1.165, 1.54) is 12.8 Å². The quantitative estimate of drug-likeness (QED) is 0.847. The number of ether oxygens (including phenoxy) is 1. The van der Waals surface area contributed by atoms with Gasteiger partial charge in [0.15, 0.2) is 0 Å². The molecule has 0 bridgehead atoms. The van der Waals surface area contributed by atoms with Crippen molar-refractivity contribution in [3.8, 4) is 0 Å². The molecule has 0 aromatic carbocycles. The Morgan fingerprint density at radius 1 is 1.21 bits per heavy atom. The maximum atomic E-state index is 12.6. The Hall–Kier alpha value is -1.46. The lowest BCUT2D eigenvalue weighted by atomic mass is 9.99. The van der Waals surface area contributed by atoms with Gasteiger partial charge < -0.3 is 9.64 Å². The van der Waals surface area contributed by atoms with Crippen molar-refractivity contribution in [3.05, 3.63) is 29.6 Å². The van der Waals surface area contributed by atoms with Crippen molar-refractivity contribution >= 4 is 5.91 Å². The minimum atomic E-state index is 0.296. The molecule has 1 aromatic rings. The lowest BCUT2D eigenvalue weighted by molar-refractivity contribution is -0.129. The molecule has 4 heterocycles. The van der Waals surface area contributed by atoms with Crippen molar-refractivity contribution < 1.29 is 9.53 Å².